The van der Waals surface area contributed by atoms with Crippen molar-refractivity contribution in [1.29, 1.82) is 0 Å². The maximum atomic E-state index is 9.41. The van der Waals surface area contributed by atoms with Crippen molar-refractivity contribution in [1.82, 2.24) is 0 Å². The van der Waals surface area contributed by atoms with Crippen LogP contribution in [0.4, 0.5) is 0 Å². The van der Waals surface area contributed by atoms with Crippen molar-refractivity contribution in [3.8, 4) is 0 Å². The van der Waals surface area contributed by atoms with Crippen molar-refractivity contribution in [2.75, 3.05) is 26.4 Å². The molecule has 0 aromatic rings. The summed E-state index contributed by atoms with van der Waals surface area (Å²) in [5, 5.41) is 9.70. The zero-order valence-corrected chi connectivity index (χ0v) is 23.1. The van der Waals surface area contributed by atoms with Gasteiger partial charge in [0.1, 0.15) is 0 Å². The standard InChI is InChI=1S/C26H54O4Si/c1-9-24(20-27)14-12-16-26(28-17-18-29-26)15-11-10-13-22(2)19-23(3)21-30-31(7,8)25(4,5)6/h22-24,27H,9-21H2,1-8H3/t22-,23+,24-/m1/s1. The molecule has 1 saturated heterocycles. The molecule has 1 rings (SSSR count). The van der Waals surface area contributed by atoms with Gasteiger partial charge in [-0.1, -0.05) is 60.8 Å². The van der Waals surface area contributed by atoms with Crippen molar-refractivity contribution in [3.63, 3.8) is 0 Å². The summed E-state index contributed by atoms with van der Waals surface area (Å²) in [4.78, 5) is 0. The molecule has 0 bridgehead atoms. The zero-order valence-electron chi connectivity index (χ0n) is 22.1. The second-order valence-electron chi connectivity index (χ2n) is 11.7. The summed E-state index contributed by atoms with van der Waals surface area (Å²) in [6, 6.07) is 0. The molecule has 186 valence electrons. The van der Waals surface area contributed by atoms with Gasteiger partial charge in [0, 0.05) is 26.1 Å². The number of hydrogen-bond donors (Lipinski definition) is 1. The predicted octanol–water partition coefficient (Wildman–Crippen LogP) is 7.16. The Labute approximate surface area is 194 Å². The van der Waals surface area contributed by atoms with Crippen molar-refractivity contribution in [2.45, 2.75) is 123 Å². The number of ether oxygens (including phenoxy) is 2. The van der Waals surface area contributed by atoms with Gasteiger partial charge in [-0.2, -0.15) is 0 Å². The summed E-state index contributed by atoms with van der Waals surface area (Å²) in [5.41, 5.74) is 0. The third-order valence-corrected chi connectivity index (χ3v) is 12.2. The van der Waals surface area contributed by atoms with Crippen LogP contribution >= 0.6 is 0 Å². The molecule has 1 N–H and O–H groups in total. The van der Waals surface area contributed by atoms with Crippen LogP contribution in [0.15, 0.2) is 0 Å². The van der Waals surface area contributed by atoms with E-state index in [-0.39, 0.29) is 10.8 Å². The first-order valence-electron chi connectivity index (χ1n) is 13.0. The van der Waals surface area contributed by atoms with Crippen LogP contribution in [-0.4, -0.2) is 45.6 Å². The highest BCUT2D eigenvalue weighted by Gasteiger charge is 2.37. The van der Waals surface area contributed by atoms with Crippen LogP contribution in [0.25, 0.3) is 0 Å². The van der Waals surface area contributed by atoms with E-state index >= 15 is 0 Å². The summed E-state index contributed by atoms with van der Waals surface area (Å²) in [7, 11) is -1.64. The maximum Gasteiger partial charge on any atom is 0.191 e. The first-order valence-corrected chi connectivity index (χ1v) is 15.9. The van der Waals surface area contributed by atoms with Crippen LogP contribution in [0, 0.1) is 17.8 Å². The van der Waals surface area contributed by atoms with E-state index in [1.54, 1.807) is 0 Å². The molecule has 1 aliphatic heterocycles. The average molecular weight is 459 g/mol. The van der Waals surface area contributed by atoms with Crippen LogP contribution < -0.4 is 0 Å². The Morgan fingerprint density at radius 1 is 0.968 bits per heavy atom. The van der Waals surface area contributed by atoms with Gasteiger partial charge in [0.05, 0.1) is 13.2 Å². The normalized spacial score (nSPS) is 20.0. The Balaban J connectivity index is 2.28. The lowest BCUT2D eigenvalue weighted by molar-refractivity contribution is -0.169. The van der Waals surface area contributed by atoms with Gasteiger partial charge in [0.25, 0.3) is 0 Å². The molecule has 0 aliphatic carbocycles. The largest absolute Gasteiger partial charge is 0.417 e. The van der Waals surface area contributed by atoms with Gasteiger partial charge in [0.2, 0.25) is 0 Å². The predicted molar refractivity (Wildman–Crippen MR) is 134 cm³/mol. The minimum atomic E-state index is -1.64. The highest BCUT2D eigenvalue weighted by molar-refractivity contribution is 6.74. The minimum Gasteiger partial charge on any atom is -0.417 e. The Morgan fingerprint density at radius 2 is 1.58 bits per heavy atom. The van der Waals surface area contributed by atoms with Crippen molar-refractivity contribution in [2.24, 2.45) is 17.8 Å². The lowest BCUT2D eigenvalue weighted by Gasteiger charge is -2.37. The van der Waals surface area contributed by atoms with Gasteiger partial charge in [-0.25, -0.2) is 0 Å². The van der Waals surface area contributed by atoms with Crippen LogP contribution in [0.1, 0.15) is 99.3 Å². The molecule has 0 unspecified atom stereocenters. The van der Waals surface area contributed by atoms with E-state index in [2.05, 4.69) is 54.6 Å². The minimum absolute atomic E-state index is 0.286. The molecule has 1 heterocycles. The van der Waals surface area contributed by atoms with Crippen molar-refractivity contribution >= 4 is 8.32 Å². The number of aliphatic hydroxyl groups is 1. The highest BCUT2D eigenvalue weighted by atomic mass is 28.4. The summed E-state index contributed by atoms with van der Waals surface area (Å²) in [5.74, 6) is 1.41. The molecule has 0 amide bonds. The van der Waals surface area contributed by atoms with Crippen LogP contribution in [0.2, 0.25) is 18.1 Å². The maximum absolute atomic E-state index is 9.41. The molecular formula is C26H54O4Si. The monoisotopic (exact) mass is 458 g/mol. The molecule has 1 aliphatic rings. The van der Waals surface area contributed by atoms with Gasteiger partial charge >= 0.3 is 0 Å². The molecule has 5 heteroatoms. The Kier molecular flexibility index (Phi) is 12.8. The molecule has 0 saturated carbocycles. The molecular weight excluding hydrogens is 404 g/mol. The van der Waals surface area contributed by atoms with Crippen LogP contribution in [0.3, 0.4) is 0 Å². The number of rotatable bonds is 16. The molecule has 3 atom stereocenters. The highest BCUT2D eigenvalue weighted by Crippen LogP contribution is 2.37. The Bertz CT molecular complexity index is 465. The summed E-state index contributed by atoms with van der Waals surface area (Å²) < 4.78 is 18.5. The SMILES string of the molecule is CC[C@@H](CO)CCCC1(CCCC[C@@H](C)C[C@H](C)CO[Si](C)(C)C(C)(C)C)OCCO1. The second kappa shape index (κ2) is 13.7. The number of hydrogen-bond acceptors (Lipinski definition) is 4. The molecule has 0 aromatic heterocycles. The van der Waals surface area contributed by atoms with Gasteiger partial charge < -0.3 is 19.0 Å². The molecule has 4 nitrogen and oxygen atoms in total. The first kappa shape index (κ1) is 29.1. The summed E-state index contributed by atoms with van der Waals surface area (Å²) in [6.07, 6.45) is 10.0. The van der Waals surface area contributed by atoms with Gasteiger partial charge in [-0.15, -0.1) is 0 Å². The molecule has 1 fully saturated rings. The van der Waals surface area contributed by atoms with E-state index in [1.165, 1.54) is 19.3 Å². The lowest BCUT2D eigenvalue weighted by atomic mass is 9.91. The Hall–Kier alpha value is 0.0569. The smallest absolute Gasteiger partial charge is 0.191 e. The second-order valence-corrected chi connectivity index (χ2v) is 16.5. The number of unbranched alkanes of at least 4 members (excludes halogenated alkanes) is 1. The van der Waals surface area contributed by atoms with Crippen molar-refractivity contribution in [3.05, 3.63) is 0 Å². The van der Waals surface area contributed by atoms with Gasteiger partial charge in [-0.05, 0) is 61.6 Å². The Morgan fingerprint density at radius 3 is 2.13 bits per heavy atom. The lowest BCUT2D eigenvalue weighted by Crippen LogP contribution is -2.41. The third kappa shape index (κ3) is 10.7. The van der Waals surface area contributed by atoms with Crippen LogP contribution in [0.5, 0.6) is 0 Å². The van der Waals surface area contributed by atoms with E-state index in [0.717, 1.165) is 64.3 Å². The van der Waals surface area contributed by atoms with E-state index in [9.17, 15) is 5.11 Å². The average Bonchev–Trinajstić information content (AvgIpc) is 3.15. The molecule has 0 aromatic carbocycles. The van der Waals surface area contributed by atoms with Gasteiger partial charge in [0.15, 0.2) is 14.1 Å². The van der Waals surface area contributed by atoms with Gasteiger partial charge in [-0.3, -0.25) is 0 Å². The van der Waals surface area contributed by atoms with E-state index in [1.807, 2.05) is 0 Å². The zero-order chi connectivity index (χ0) is 23.5. The van der Waals surface area contributed by atoms with Crippen molar-refractivity contribution < 1.29 is 19.0 Å². The summed E-state index contributed by atoms with van der Waals surface area (Å²) in [6.45, 7) is 21.1. The molecule has 0 spiro atoms. The van der Waals surface area contributed by atoms with Crippen LogP contribution in [-0.2, 0) is 13.9 Å². The molecule has 0 radical (unpaired) electrons. The molecule has 31 heavy (non-hydrogen) atoms. The fourth-order valence-corrected chi connectivity index (χ4v) is 5.46. The third-order valence-electron chi connectivity index (χ3n) is 7.66. The fourth-order valence-electron chi connectivity index (χ4n) is 4.32. The van der Waals surface area contributed by atoms with E-state index in [0.29, 0.717) is 18.4 Å². The van der Waals surface area contributed by atoms with E-state index in [4.69, 9.17) is 13.9 Å². The summed E-state index contributed by atoms with van der Waals surface area (Å²) >= 11 is 0. The first-order chi connectivity index (χ1) is 14.4. The topological polar surface area (TPSA) is 47.9 Å². The number of aliphatic hydroxyl groups excluding tert-OH is 1. The van der Waals surface area contributed by atoms with E-state index < -0.39 is 8.32 Å². The quantitative estimate of drug-likeness (QED) is 0.197. The fraction of sp³-hybridized carbons (Fsp3) is 1.00.